The number of rotatable bonds is 9. The Balaban J connectivity index is 1.24. The zero-order chi connectivity index (χ0) is 31.2. The molecule has 0 atom stereocenters. The summed E-state index contributed by atoms with van der Waals surface area (Å²) in [4.78, 5) is 13.3. The highest BCUT2D eigenvalue weighted by Crippen LogP contribution is 2.32. The largest absolute Gasteiger partial charge is 0.489 e. The van der Waals surface area contributed by atoms with E-state index < -0.39 is 5.91 Å². The standard InChI is InChI=1S/C39H29ClN2O3/c1-26-14-15-27-8-3-6-12-34(27)36(26)25-45-38-21-16-28-9-2-5-11-33(28)35(38)22-30(23-41)39(43)42-31-17-19-32(20-18-31)44-24-29-10-4-7-13-37(29)40/h2-22H,24-25H2,1H3,(H,42,43)/b30-22+. The van der Waals surface area contributed by atoms with Crippen LogP contribution in [0.2, 0.25) is 5.02 Å². The highest BCUT2D eigenvalue weighted by atomic mass is 35.5. The van der Waals surface area contributed by atoms with E-state index in [9.17, 15) is 10.1 Å². The predicted octanol–water partition coefficient (Wildman–Crippen LogP) is 9.66. The quantitative estimate of drug-likeness (QED) is 0.131. The monoisotopic (exact) mass is 608 g/mol. The van der Waals surface area contributed by atoms with Crippen LogP contribution in [0.15, 0.2) is 127 Å². The Bertz CT molecular complexity index is 2100. The molecule has 0 saturated carbocycles. The van der Waals surface area contributed by atoms with E-state index in [0.717, 1.165) is 38.2 Å². The number of benzene rings is 6. The molecule has 1 N–H and O–H groups in total. The Hall–Kier alpha value is -5.57. The molecule has 0 saturated heterocycles. The van der Waals surface area contributed by atoms with Gasteiger partial charge in [-0.15, -0.1) is 0 Å². The summed E-state index contributed by atoms with van der Waals surface area (Å²) in [5.41, 5.74) is 4.26. The van der Waals surface area contributed by atoms with Gasteiger partial charge < -0.3 is 14.8 Å². The maximum absolute atomic E-state index is 13.3. The minimum atomic E-state index is -0.522. The number of aryl methyl sites for hydroxylation is 1. The lowest BCUT2D eigenvalue weighted by molar-refractivity contribution is -0.112. The number of nitriles is 1. The first-order valence-corrected chi connectivity index (χ1v) is 14.9. The van der Waals surface area contributed by atoms with Gasteiger partial charge in [0.2, 0.25) is 0 Å². The van der Waals surface area contributed by atoms with Gasteiger partial charge in [0, 0.05) is 27.4 Å². The molecule has 0 aliphatic rings. The number of hydrogen-bond donors (Lipinski definition) is 1. The molecular formula is C39H29ClN2O3. The molecule has 220 valence electrons. The van der Waals surface area contributed by atoms with Gasteiger partial charge in [-0.25, -0.2) is 0 Å². The molecular weight excluding hydrogens is 580 g/mol. The average Bonchev–Trinajstić information content (AvgIpc) is 3.07. The second kappa shape index (κ2) is 13.4. The molecule has 6 aromatic rings. The lowest BCUT2D eigenvalue weighted by Gasteiger charge is -2.15. The predicted molar refractivity (Wildman–Crippen MR) is 181 cm³/mol. The number of carbonyl (C=O) groups is 1. The molecule has 45 heavy (non-hydrogen) atoms. The van der Waals surface area contributed by atoms with E-state index in [1.54, 1.807) is 30.3 Å². The fourth-order valence-electron chi connectivity index (χ4n) is 5.24. The fourth-order valence-corrected chi connectivity index (χ4v) is 5.43. The lowest BCUT2D eigenvalue weighted by Crippen LogP contribution is -2.13. The van der Waals surface area contributed by atoms with E-state index in [0.29, 0.717) is 41.0 Å². The topological polar surface area (TPSA) is 71.3 Å². The SMILES string of the molecule is Cc1ccc2ccccc2c1COc1ccc2ccccc2c1/C=C(\C#N)C(=O)Nc1ccc(OCc2ccccc2Cl)cc1. The Morgan fingerprint density at radius 2 is 1.44 bits per heavy atom. The van der Waals surface area contributed by atoms with Crippen LogP contribution in [0.4, 0.5) is 5.69 Å². The molecule has 0 aromatic heterocycles. The summed E-state index contributed by atoms with van der Waals surface area (Å²) in [6.45, 7) is 2.73. The Morgan fingerprint density at radius 3 is 2.20 bits per heavy atom. The first-order valence-electron chi connectivity index (χ1n) is 14.5. The summed E-state index contributed by atoms with van der Waals surface area (Å²) in [6, 6.07) is 40.7. The van der Waals surface area contributed by atoms with Crippen LogP contribution in [0.25, 0.3) is 27.6 Å². The zero-order valence-electron chi connectivity index (χ0n) is 24.6. The number of anilines is 1. The van der Waals surface area contributed by atoms with Crippen molar-refractivity contribution in [2.45, 2.75) is 20.1 Å². The van der Waals surface area contributed by atoms with Gasteiger partial charge in [0.25, 0.3) is 5.91 Å². The first kappa shape index (κ1) is 29.5. The maximum Gasteiger partial charge on any atom is 0.266 e. The van der Waals surface area contributed by atoms with Crippen LogP contribution in [0.3, 0.4) is 0 Å². The van der Waals surface area contributed by atoms with Gasteiger partial charge in [0.15, 0.2) is 0 Å². The molecule has 6 rings (SSSR count). The normalized spacial score (nSPS) is 11.3. The van der Waals surface area contributed by atoms with E-state index in [-0.39, 0.29) is 5.57 Å². The fraction of sp³-hybridized carbons (Fsp3) is 0.0769. The van der Waals surface area contributed by atoms with Gasteiger partial charge in [-0.3, -0.25) is 4.79 Å². The molecule has 6 heteroatoms. The van der Waals surface area contributed by atoms with Crippen LogP contribution in [0, 0.1) is 18.3 Å². The third-order valence-electron chi connectivity index (χ3n) is 7.70. The van der Waals surface area contributed by atoms with Crippen molar-refractivity contribution in [3.63, 3.8) is 0 Å². The number of ether oxygens (including phenoxy) is 2. The van der Waals surface area contributed by atoms with Crippen LogP contribution in [-0.2, 0) is 18.0 Å². The van der Waals surface area contributed by atoms with Crippen molar-refractivity contribution in [3.8, 4) is 17.6 Å². The number of fused-ring (bicyclic) bond motifs is 2. The number of carbonyl (C=O) groups excluding carboxylic acids is 1. The summed E-state index contributed by atoms with van der Waals surface area (Å²) < 4.78 is 12.3. The minimum Gasteiger partial charge on any atom is -0.489 e. The molecule has 0 fully saturated rings. The summed E-state index contributed by atoms with van der Waals surface area (Å²) >= 11 is 6.22. The van der Waals surface area contributed by atoms with E-state index in [4.69, 9.17) is 21.1 Å². The van der Waals surface area contributed by atoms with Gasteiger partial charge in [-0.05, 0) is 76.5 Å². The van der Waals surface area contributed by atoms with Crippen molar-refractivity contribution < 1.29 is 14.3 Å². The average molecular weight is 609 g/mol. The summed E-state index contributed by atoms with van der Waals surface area (Å²) in [5.74, 6) is 0.690. The van der Waals surface area contributed by atoms with Crippen LogP contribution < -0.4 is 14.8 Å². The summed E-state index contributed by atoms with van der Waals surface area (Å²) in [7, 11) is 0. The molecule has 6 aromatic carbocycles. The number of hydrogen-bond acceptors (Lipinski definition) is 4. The number of amides is 1. The van der Waals surface area contributed by atoms with Gasteiger partial charge in [0.1, 0.15) is 36.4 Å². The Kier molecular flexibility index (Phi) is 8.77. The molecule has 0 bridgehead atoms. The first-order chi connectivity index (χ1) is 22.0. The van der Waals surface area contributed by atoms with Crippen LogP contribution in [0.1, 0.15) is 22.3 Å². The molecule has 1 amide bonds. The second-order valence-corrected chi connectivity index (χ2v) is 11.0. The maximum atomic E-state index is 13.3. The van der Waals surface area contributed by atoms with Crippen LogP contribution >= 0.6 is 11.6 Å². The minimum absolute atomic E-state index is 0.0448. The highest BCUT2D eigenvalue weighted by molar-refractivity contribution is 6.31. The highest BCUT2D eigenvalue weighted by Gasteiger charge is 2.15. The van der Waals surface area contributed by atoms with E-state index in [1.807, 2.05) is 72.8 Å². The number of nitrogens with one attached hydrogen (secondary N) is 1. The van der Waals surface area contributed by atoms with Crippen LogP contribution in [0.5, 0.6) is 11.5 Å². The van der Waals surface area contributed by atoms with Crippen molar-refractivity contribution in [3.05, 3.63) is 154 Å². The van der Waals surface area contributed by atoms with Gasteiger partial charge in [-0.1, -0.05) is 96.5 Å². The van der Waals surface area contributed by atoms with Gasteiger partial charge in [0.05, 0.1) is 0 Å². The van der Waals surface area contributed by atoms with Crippen molar-refractivity contribution >= 4 is 50.8 Å². The van der Waals surface area contributed by atoms with E-state index >= 15 is 0 Å². The van der Waals surface area contributed by atoms with Crippen molar-refractivity contribution in [2.24, 2.45) is 0 Å². The van der Waals surface area contributed by atoms with Crippen molar-refractivity contribution in [1.82, 2.24) is 0 Å². The van der Waals surface area contributed by atoms with Crippen molar-refractivity contribution in [1.29, 1.82) is 5.26 Å². The Labute approximate surface area is 266 Å². The third-order valence-corrected chi connectivity index (χ3v) is 8.06. The molecule has 0 spiro atoms. The van der Waals surface area contributed by atoms with Gasteiger partial charge in [-0.2, -0.15) is 5.26 Å². The van der Waals surface area contributed by atoms with Gasteiger partial charge >= 0.3 is 0 Å². The van der Waals surface area contributed by atoms with Crippen molar-refractivity contribution in [2.75, 3.05) is 5.32 Å². The molecule has 0 radical (unpaired) electrons. The third kappa shape index (κ3) is 6.67. The molecule has 0 unspecified atom stereocenters. The van der Waals surface area contributed by atoms with E-state index in [2.05, 4.69) is 42.6 Å². The summed E-state index contributed by atoms with van der Waals surface area (Å²) in [6.07, 6.45) is 1.60. The van der Waals surface area contributed by atoms with Crippen LogP contribution in [-0.4, -0.2) is 5.91 Å². The number of nitrogens with zero attached hydrogens (tertiary/aromatic N) is 1. The number of halogens is 1. The Morgan fingerprint density at radius 1 is 0.778 bits per heavy atom. The zero-order valence-corrected chi connectivity index (χ0v) is 25.3. The van der Waals surface area contributed by atoms with E-state index in [1.165, 1.54) is 0 Å². The second-order valence-electron chi connectivity index (χ2n) is 10.6. The molecule has 0 aliphatic carbocycles. The lowest BCUT2D eigenvalue weighted by atomic mass is 9.99. The summed E-state index contributed by atoms with van der Waals surface area (Å²) in [5, 5.41) is 17.7. The smallest absolute Gasteiger partial charge is 0.266 e. The molecule has 5 nitrogen and oxygen atoms in total. The molecule has 0 aliphatic heterocycles. The molecule has 0 heterocycles.